The average Bonchev–Trinajstić information content (AvgIpc) is 2.63. The van der Waals surface area contributed by atoms with Crippen LogP contribution in [0.3, 0.4) is 0 Å². The normalized spacial score (nSPS) is 11.5. The molecule has 0 saturated heterocycles. The van der Waals surface area contributed by atoms with E-state index >= 15 is 0 Å². The monoisotopic (exact) mass is 354 g/mol. The Kier molecular flexibility index (Phi) is 6.78. The highest BCUT2D eigenvalue weighted by Crippen LogP contribution is 2.21. The lowest BCUT2D eigenvalue weighted by atomic mass is 10.1. The van der Waals surface area contributed by atoms with Gasteiger partial charge in [0.15, 0.2) is 6.10 Å². The summed E-state index contributed by atoms with van der Waals surface area (Å²) in [5.74, 6) is 0.348. The lowest BCUT2D eigenvalue weighted by Crippen LogP contribution is -2.30. The molecule has 26 heavy (non-hydrogen) atoms. The second-order valence-corrected chi connectivity index (χ2v) is 6.35. The van der Waals surface area contributed by atoms with Crippen molar-refractivity contribution < 1.29 is 14.3 Å². The molecule has 0 saturated carbocycles. The van der Waals surface area contributed by atoms with E-state index in [4.69, 9.17) is 4.74 Å². The number of nitrogens with one attached hydrogen (secondary N) is 2. The molecule has 2 N–H and O–H groups in total. The molecule has 5 heteroatoms. The summed E-state index contributed by atoms with van der Waals surface area (Å²) >= 11 is 0. The van der Waals surface area contributed by atoms with Gasteiger partial charge in [0.25, 0.3) is 11.8 Å². The highest BCUT2D eigenvalue weighted by Gasteiger charge is 2.16. The molecule has 0 bridgehead atoms. The highest BCUT2D eigenvalue weighted by atomic mass is 16.5. The van der Waals surface area contributed by atoms with Gasteiger partial charge in [-0.2, -0.15) is 0 Å². The summed E-state index contributed by atoms with van der Waals surface area (Å²) in [6, 6.07) is 12.7. The van der Waals surface area contributed by atoms with Crippen LogP contribution in [0.2, 0.25) is 0 Å². The third kappa shape index (κ3) is 5.34. The van der Waals surface area contributed by atoms with Crippen LogP contribution >= 0.6 is 0 Å². The van der Waals surface area contributed by atoms with Crippen LogP contribution in [-0.4, -0.2) is 24.5 Å². The molecule has 1 unspecified atom stereocenters. The van der Waals surface area contributed by atoms with Gasteiger partial charge < -0.3 is 15.4 Å². The quantitative estimate of drug-likeness (QED) is 0.794. The van der Waals surface area contributed by atoms with Crippen LogP contribution in [0.5, 0.6) is 5.75 Å². The van der Waals surface area contributed by atoms with Crippen molar-refractivity contribution in [1.29, 1.82) is 0 Å². The molecule has 0 aliphatic carbocycles. The SMILES string of the molecule is CCCNC(=O)c1ccc(NC(=O)C(C)Oc2cc(C)ccc2C)cc1. The van der Waals surface area contributed by atoms with E-state index in [1.165, 1.54) is 0 Å². The van der Waals surface area contributed by atoms with Gasteiger partial charge in [-0.25, -0.2) is 0 Å². The smallest absolute Gasteiger partial charge is 0.265 e. The van der Waals surface area contributed by atoms with Crippen LogP contribution in [0.25, 0.3) is 0 Å². The number of carbonyl (C=O) groups excluding carboxylic acids is 2. The number of benzene rings is 2. The summed E-state index contributed by atoms with van der Waals surface area (Å²) < 4.78 is 5.79. The van der Waals surface area contributed by atoms with Gasteiger partial charge in [0, 0.05) is 17.8 Å². The molecule has 0 heterocycles. The average molecular weight is 354 g/mol. The molecule has 2 amide bonds. The first kappa shape index (κ1) is 19.5. The Balaban J connectivity index is 1.96. The van der Waals surface area contributed by atoms with Crippen LogP contribution in [0.4, 0.5) is 5.69 Å². The molecule has 138 valence electrons. The van der Waals surface area contributed by atoms with Crippen molar-refractivity contribution in [3.63, 3.8) is 0 Å². The predicted molar refractivity (Wildman–Crippen MR) is 104 cm³/mol. The maximum atomic E-state index is 12.4. The Labute approximate surface area is 154 Å². The minimum absolute atomic E-state index is 0.114. The van der Waals surface area contributed by atoms with Crippen LogP contribution < -0.4 is 15.4 Å². The number of carbonyl (C=O) groups is 2. The van der Waals surface area contributed by atoms with E-state index in [1.807, 2.05) is 39.0 Å². The minimum Gasteiger partial charge on any atom is -0.481 e. The number of ether oxygens (including phenoxy) is 1. The van der Waals surface area contributed by atoms with Gasteiger partial charge in [0.05, 0.1) is 0 Å². The Morgan fingerprint density at radius 2 is 1.77 bits per heavy atom. The van der Waals surface area contributed by atoms with E-state index in [-0.39, 0.29) is 11.8 Å². The Morgan fingerprint density at radius 1 is 1.08 bits per heavy atom. The van der Waals surface area contributed by atoms with Crippen LogP contribution in [-0.2, 0) is 4.79 Å². The first-order chi connectivity index (χ1) is 12.4. The van der Waals surface area contributed by atoms with Crippen molar-refractivity contribution in [3.05, 3.63) is 59.2 Å². The van der Waals surface area contributed by atoms with Gasteiger partial charge in [-0.05, 0) is 68.7 Å². The van der Waals surface area contributed by atoms with Gasteiger partial charge in [-0.3, -0.25) is 9.59 Å². The zero-order valence-corrected chi connectivity index (χ0v) is 15.8. The van der Waals surface area contributed by atoms with E-state index in [0.29, 0.717) is 23.5 Å². The lowest BCUT2D eigenvalue weighted by Gasteiger charge is -2.17. The van der Waals surface area contributed by atoms with Crippen LogP contribution in [0.1, 0.15) is 41.8 Å². The molecule has 2 aromatic rings. The summed E-state index contributed by atoms with van der Waals surface area (Å²) in [5.41, 5.74) is 3.25. The standard InChI is InChI=1S/C21H26N2O3/c1-5-12-22-21(25)17-8-10-18(11-9-17)23-20(24)16(4)26-19-13-14(2)6-7-15(19)3/h6-11,13,16H,5,12H2,1-4H3,(H,22,25)(H,23,24). The Hall–Kier alpha value is -2.82. The molecule has 0 aliphatic rings. The van der Waals surface area contributed by atoms with Gasteiger partial charge in [0.2, 0.25) is 0 Å². The number of rotatable bonds is 7. The highest BCUT2D eigenvalue weighted by molar-refractivity contribution is 5.96. The molecule has 0 fully saturated rings. The second kappa shape index (κ2) is 9.04. The van der Waals surface area contributed by atoms with Crippen molar-refractivity contribution in [2.75, 3.05) is 11.9 Å². The summed E-state index contributed by atoms with van der Waals surface area (Å²) in [4.78, 5) is 24.2. The van der Waals surface area contributed by atoms with Gasteiger partial charge in [-0.15, -0.1) is 0 Å². The summed E-state index contributed by atoms with van der Waals surface area (Å²) in [5, 5.41) is 5.63. The zero-order chi connectivity index (χ0) is 19.1. The second-order valence-electron chi connectivity index (χ2n) is 6.35. The minimum atomic E-state index is -0.636. The maximum Gasteiger partial charge on any atom is 0.265 e. The Morgan fingerprint density at radius 3 is 2.42 bits per heavy atom. The summed E-state index contributed by atoms with van der Waals surface area (Å²) in [6.45, 7) is 8.28. The fourth-order valence-electron chi connectivity index (χ4n) is 2.37. The van der Waals surface area contributed by atoms with Gasteiger partial charge in [0.1, 0.15) is 5.75 Å². The zero-order valence-electron chi connectivity index (χ0n) is 15.8. The molecule has 5 nitrogen and oxygen atoms in total. The van der Waals surface area contributed by atoms with E-state index in [9.17, 15) is 9.59 Å². The van der Waals surface area contributed by atoms with Crippen molar-refractivity contribution in [3.8, 4) is 5.75 Å². The molecule has 0 spiro atoms. The predicted octanol–water partition coefficient (Wildman–Crippen LogP) is 3.85. The molecular formula is C21H26N2O3. The topological polar surface area (TPSA) is 67.4 Å². The van der Waals surface area contributed by atoms with Gasteiger partial charge in [-0.1, -0.05) is 19.1 Å². The molecule has 0 aliphatic heterocycles. The van der Waals surface area contributed by atoms with E-state index in [1.54, 1.807) is 31.2 Å². The van der Waals surface area contributed by atoms with E-state index in [0.717, 1.165) is 17.5 Å². The molecule has 0 aromatic heterocycles. The Bertz CT molecular complexity index is 769. The maximum absolute atomic E-state index is 12.4. The molecule has 0 radical (unpaired) electrons. The first-order valence-corrected chi connectivity index (χ1v) is 8.83. The number of amides is 2. The fourth-order valence-corrected chi connectivity index (χ4v) is 2.37. The number of hydrogen-bond acceptors (Lipinski definition) is 3. The summed E-state index contributed by atoms with van der Waals surface area (Å²) in [7, 11) is 0. The van der Waals surface area contributed by atoms with Crippen LogP contribution in [0.15, 0.2) is 42.5 Å². The number of aryl methyl sites for hydroxylation is 2. The fraction of sp³-hybridized carbons (Fsp3) is 0.333. The first-order valence-electron chi connectivity index (χ1n) is 8.83. The molecule has 2 aromatic carbocycles. The largest absolute Gasteiger partial charge is 0.481 e. The van der Waals surface area contributed by atoms with E-state index in [2.05, 4.69) is 10.6 Å². The number of hydrogen-bond donors (Lipinski definition) is 2. The lowest BCUT2D eigenvalue weighted by molar-refractivity contribution is -0.122. The van der Waals surface area contributed by atoms with Crippen molar-refractivity contribution in [1.82, 2.24) is 5.32 Å². The molecular weight excluding hydrogens is 328 g/mol. The van der Waals surface area contributed by atoms with E-state index < -0.39 is 6.10 Å². The molecule has 1 atom stereocenters. The van der Waals surface area contributed by atoms with Crippen LogP contribution in [0, 0.1) is 13.8 Å². The van der Waals surface area contributed by atoms with Crippen molar-refractivity contribution >= 4 is 17.5 Å². The molecule has 2 rings (SSSR count). The summed E-state index contributed by atoms with van der Waals surface area (Å²) in [6.07, 6.45) is 0.251. The third-order valence-electron chi connectivity index (χ3n) is 3.97. The number of anilines is 1. The van der Waals surface area contributed by atoms with Crippen molar-refractivity contribution in [2.24, 2.45) is 0 Å². The van der Waals surface area contributed by atoms with Gasteiger partial charge >= 0.3 is 0 Å². The van der Waals surface area contributed by atoms with Crippen molar-refractivity contribution in [2.45, 2.75) is 40.2 Å². The third-order valence-corrected chi connectivity index (χ3v) is 3.97.